The standard InChI is InChI=1S/C22H27N3O3/c1-15(2)23-22(27)25-20-13-6-5-12-19(20)21(26)24-16-8-7-11-18(14-16)28-17-9-3-4-10-17/h5-8,11-15,17H,3-4,9-10H2,1-2H3,(H,24,26)(H2,23,25,27). The van der Waals surface area contributed by atoms with Crippen LogP contribution in [0.15, 0.2) is 48.5 Å². The molecule has 3 amide bonds. The summed E-state index contributed by atoms with van der Waals surface area (Å²) in [6.07, 6.45) is 4.82. The summed E-state index contributed by atoms with van der Waals surface area (Å²) in [5.74, 6) is 0.464. The first kappa shape index (κ1) is 19.7. The molecule has 0 atom stereocenters. The van der Waals surface area contributed by atoms with Crippen molar-refractivity contribution >= 4 is 23.3 Å². The van der Waals surface area contributed by atoms with Crippen LogP contribution in [0.4, 0.5) is 16.2 Å². The third-order valence-electron chi connectivity index (χ3n) is 4.54. The zero-order valence-electron chi connectivity index (χ0n) is 16.3. The molecule has 1 aliphatic rings. The molecule has 6 nitrogen and oxygen atoms in total. The van der Waals surface area contributed by atoms with E-state index >= 15 is 0 Å². The molecule has 2 aromatic carbocycles. The molecule has 0 unspecified atom stereocenters. The molecule has 0 bridgehead atoms. The largest absolute Gasteiger partial charge is 0.490 e. The number of benzene rings is 2. The van der Waals surface area contributed by atoms with Crippen LogP contribution in [-0.2, 0) is 0 Å². The van der Waals surface area contributed by atoms with E-state index < -0.39 is 0 Å². The van der Waals surface area contributed by atoms with E-state index in [4.69, 9.17) is 4.74 Å². The molecule has 3 rings (SSSR count). The van der Waals surface area contributed by atoms with E-state index in [0.717, 1.165) is 18.6 Å². The van der Waals surface area contributed by atoms with Crippen molar-refractivity contribution in [3.05, 3.63) is 54.1 Å². The van der Waals surface area contributed by atoms with E-state index in [1.165, 1.54) is 12.8 Å². The maximum absolute atomic E-state index is 12.8. The highest BCUT2D eigenvalue weighted by molar-refractivity contribution is 6.10. The van der Waals surface area contributed by atoms with E-state index in [9.17, 15) is 9.59 Å². The van der Waals surface area contributed by atoms with Crippen molar-refractivity contribution in [2.75, 3.05) is 10.6 Å². The molecule has 0 heterocycles. The molecule has 1 aliphatic carbocycles. The lowest BCUT2D eigenvalue weighted by molar-refractivity contribution is 0.102. The SMILES string of the molecule is CC(C)NC(=O)Nc1ccccc1C(=O)Nc1cccc(OC2CCCC2)c1. The van der Waals surface area contributed by atoms with Crippen LogP contribution >= 0.6 is 0 Å². The van der Waals surface area contributed by atoms with Gasteiger partial charge in [0.05, 0.1) is 17.4 Å². The van der Waals surface area contributed by atoms with Gasteiger partial charge in [-0.05, 0) is 63.8 Å². The summed E-state index contributed by atoms with van der Waals surface area (Å²) in [6.45, 7) is 3.75. The second kappa shape index (κ2) is 9.26. The number of carbonyl (C=O) groups excluding carboxylic acids is 2. The van der Waals surface area contributed by atoms with E-state index in [0.29, 0.717) is 16.9 Å². The Morgan fingerprint density at radius 3 is 2.50 bits per heavy atom. The average molecular weight is 381 g/mol. The van der Waals surface area contributed by atoms with Crippen molar-refractivity contribution in [1.82, 2.24) is 5.32 Å². The molecule has 1 fully saturated rings. The Morgan fingerprint density at radius 2 is 1.75 bits per heavy atom. The van der Waals surface area contributed by atoms with Crippen LogP contribution in [0.1, 0.15) is 49.9 Å². The van der Waals surface area contributed by atoms with Gasteiger partial charge in [0.25, 0.3) is 5.91 Å². The van der Waals surface area contributed by atoms with Crippen LogP contribution in [0.5, 0.6) is 5.75 Å². The van der Waals surface area contributed by atoms with Crippen molar-refractivity contribution in [3.8, 4) is 5.75 Å². The molecule has 28 heavy (non-hydrogen) atoms. The first-order chi connectivity index (χ1) is 13.5. The van der Waals surface area contributed by atoms with Crippen LogP contribution in [-0.4, -0.2) is 24.1 Å². The first-order valence-electron chi connectivity index (χ1n) is 9.76. The van der Waals surface area contributed by atoms with Crippen molar-refractivity contribution in [2.45, 2.75) is 51.7 Å². The van der Waals surface area contributed by atoms with E-state index in [-0.39, 0.29) is 24.1 Å². The fraction of sp³-hybridized carbons (Fsp3) is 0.364. The minimum absolute atomic E-state index is 0.00333. The Bertz CT molecular complexity index is 829. The number of urea groups is 1. The van der Waals surface area contributed by atoms with Crippen LogP contribution in [0.3, 0.4) is 0 Å². The second-order valence-electron chi connectivity index (χ2n) is 7.31. The van der Waals surface area contributed by atoms with Gasteiger partial charge in [0.2, 0.25) is 0 Å². The van der Waals surface area contributed by atoms with Gasteiger partial charge in [-0.25, -0.2) is 4.79 Å². The van der Waals surface area contributed by atoms with Gasteiger partial charge in [-0.3, -0.25) is 4.79 Å². The topological polar surface area (TPSA) is 79.5 Å². The Kier molecular flexibility index (Phi) is 6.53. The minimum atomic E-state index is -0.345. The Hall–Kier alpha value is -3.02. The van der Waals surface area contributed by atoms with Gasteiger partial charge in [0.1, 0.15) is 5.75 Å². The van der Waals surface area contributed by atoms with Gasteiger partial charge in [-0.15, -0.1) is 0 Å². The highest BCUT2D eigenvalue weighted by atomic mass is 16.5. The van der Waals surface area contributed by atoms with Gasteiger partial charge >= 0.3 is 6.03 Å². The average Bonchev–Trinajstić information content (AvgIpc) is 3.14. The molecule has 0 radical (unpaired) electrons. The predicted octanol–water partition coefficient (Wildman–Crippen LogP) is 4.79. The molecular formula is C22H27N3O3. The summed E-state index contributed by atoms with van der Waals surface area (Å²) in [7, 11) is 0. The zero-order chi connectivity index (χ0) is 19.9. The number of amides is 3. The molecular weight excluding hydrogens is 354 g/mol. The summed E-state index contributed by atoms with van der Waals surface area (Å²) in [5, 5.41) is 8.37. The maximum atomic E-state index is 12.8. The number of carbonyl (C=O) groups is 2. The molecule has 0 aliphatic heterocycles. The van der Waals surface area contributed by atoms with Crippen LogP contribution in [0.25, 0.3) is 0 Å². The number of anilines is 2. The third kappa shape index (κ3) is 5.49. The van der Waals surface area contributed by atoms with Crippen LogP contribution in [0, 0.1) is 0 Å². The molecule has 148 valence electrons. The number of rotatable bonds is 6. The highest BCUT2D eigenvalue weighted by Gasteiger charge is 2.17. The molecule has 6 heteroatoms. The molecule has 0 saturated heterocycles. The monoisotopic (exact) mass is 381 g/mol. The van der Waals surface area contributed by atoms with Gasteiger partial charge in [0, 0.05) is 17.8 Å². The number of nitrogens with one attached hydrogen (secondary N) is 3. The summed E-state index contributed by atoms with van der Waals surface area (Å²) in [6, 6.07) is 14.0. The molecule has 3 N–H and O–H groups in total. The number of para-hydroxylation sites is 1. The van der Waals surface area contributed by atoms with Crippen molar-refractivity contribution in [3.63, 3.8) is 0 Å². The van der Waals surface area contributed by atoms with Crippen molar-refractivity contribution in [1.29, 1.82) is 0 Å². The van der Waals surface area contributed by atoms with Gasteiger partial charge < -0.3 is 20.7 Å². The fourth-order valence-corrected chi connectivity index (χ4v) is 3.25. The van der Waals surface area contributed by atoms with Gasteiger partial charge in [-0.1, -0.05) is 18.2 Å². The normalized spacial score (nSPS) is 14.0. The lowest BCUT2D eigenvalue weighted by Crippen LogP contribution is -2.34. The summed E-state index contributed by atoms with van der Waals surface area (Å²) in [4.78, 5) is 24.8. The van der Waals surface area contributed by atoms with Crippen LogP contribution < -0.4 is 20.7 Å². The van der Waals surface area contributed by atoms with E-state index in [1.54, 1.807) is 24.3 Å². The zero-order valence-corrected chi connectivity index (χ0v) is 16.3. The predicted molar refractivity (Wildman–Crippen MR) is 111 cm³/mol. The highest BCUT2D eigenvalue weighted by Crippen LogP contribution is 2.26. The quantitative estimate of drug-likeness (QED) is 0.673. The Morgan fingerprint density at radius 1 is 1.00 bits per heavy atom. The van der Waals surface area contributed by atoms with Crippen molar-refractivity contribution < 1.29 is 14.3 Å². The number of hydrogen-bond acceptors (Lipinski definition) is 3. The Balaban J connectivity index is 1.68. The molecule has 2 aromatic rings. The minimum Gasteiger partial charge on any atom is -0.490 e. The molecule has 1 saturated carbocycles. The smallest absolute Gasteiger partial charge is 0.319 e. The lowest BCUT2D eigenvalue weighted by atomic mass is 10.1. The van der Waals surface area contributed by atoms with Crippen LogP contribution in [0.2, 0.25) is 0 Å². The van der Waals surface area contributed by atoms with E-state index in [2.05, 4.69) is 16.0 Å². The third-order valence-corrected chi connectivity index (χ3v) is 4.54. The first-order valence-corrected chi connectivity index (χ1v) is 9.76. The lowest BCUT2D eigenvalue weighted by Gasteiger charge is -2.15. The van der Waals surface area contributed by atoms with Gasteiger partial charge in [-0.2, -0.15) is 0 Å². The summed E-state index contributed by atoms with van der Waals surface area (Å²) >= 11 is 0. The fourth-order valence-electron chi connectivity index (χ4n) is 3.25. The molecule has 0 spiro atoms. The summed E-state index contributed by atoms with van der Waals surface area (Å²) in [5.41, 5.74) is 1.50. The molecule has 0 aromatic heterocycles. The number of ether oxygens (including phenoxy) is 1. The Labute approximate surface area is 165 Å². The second-order valence-corrected chi connectivity index (χ2v) is 7.31. The van der Waals surface area contributed by atoms with Crippen molar-refractivity contribution in [2.24, 2.45) is 0 Å². The van der Waals surface area contributed by atoms with E-state index in [1.807, 2.05) is 38.1 Å². The maximum Gasteiger partial charge on any atom is 0.319 e. The number of hydrogen-bond donors (Lipinski definition) is 3. The van der Waals surface area contributed by atoms with Gasteiger partial charge in [0.15, 0.2) is 0 Å². The summed E-state index contributed by atoms with van der Waals surface area (Å²) < 4.78 is 6.00.